The van der Waals surface area contributed by atoms with Gasteiger partial charge < -0.3 is 9.64 Å². The summed E-state index contributed by atoms with van der Waals surface area (Å²) in [6.45, 7) is 1.77. The molecular weight excluding hydrogens is 309 g/mol. The second kappa shape index (κ2) is 6.68. The minimum atomic E-state index is -4.86. The molecule has 23 heavy (non-hydrogen) atoms. The van der Waals surface area contributed by atoms with Crippen molar-refractivity contribution >= 4 is 5.91 Å². The number of amides is 1. The highest BCUT2D eigenvalue weighted by Crippen LogP contribution is 2.28. The standard InChI is InChI=1S/C16H15F3N2O2/c1-11(12-6-5-9-20-10-12)21(2)15(22)13-7-3-4-8-14(13)23-16(17,18)19/h3-11H,1-2H3. The van der Waals surface area contributed by atoms with Gasteiger partial charge in [-0.3, -0.25) is 9.78 Å². The highest BCUT2D eigenvalue weighted by Gasteiger charge is 2.33. The van der Waals surface area contributed by atoms with Crippen LogP contribution in [0.4, 0.5) is 13.2 Å². The van der Waals surface area contributed by atoms with Crippen molar-refractivity contribution in [1.82, 2.24) is 9.88 Å². The molecule has 0 aliphatic heterocycles. The summed E-state index contributed by atoms with van der Waals surface area (Å²) in [6.07, 6.45) is -1.65. The summed E-state index contributed by atoms with van der Waals surface area (Å²) in [4.78, 5) is 17.8. The van der Waals surface area contributed by atoms with E-state index in [0.29, 0.717) is 0 Å². The number of rotatable bonds is 4. The maximum Gasteiger partial charge on any atom is 0.573 e. The molecule has 2 aromatic rings. The van der Waals surface area contributed by atoms with Crippen molar-refractivity contribution in [2.24, 2.45) is 0 Å². The van der Waals surface area contributed by atoms with Crippen LogP contribution in [0.25, 0.3) is 0 Å². The maximum absolute atomic E-state index is 12.5. The maximum atomic E-state index is 12.5. The minimum Gasteiger partial charge on any atom is -0.405 e. The van der Waals surface area contributed by atoms with Gasteiger partial charge in [0.05, 0.1) is 11.6 Å². The summed E-state index contributed by atoms with van der Waals surface area (Å²) in [6, 6.07) is 8.44. The normalized spacial score (nSPS) is 12.6. The largest absolute Gasteiger partial charge is 0.573 e. The van der Waals surface area contributed by atoms with Gasteiger partial charge >= 0.3 is 6.36 Å². The molecule has 2 rings (SSSR count). The number of carbonyl (C=O) groups is 1. The van der Waals surface area contributed by atoms with Crippen molar-refractivity contribution in [2.75, 3.05) is 7.05 Å². The van der Waals surface area contributed by atoms with Crippen LogP contribution < -0.4 is 4.74 Å². The first-order valence-electron chi connectivity index (χ1n) is 6.81. The van der Waals surface area contributed by atoms with Crippen LogP contribution in [0.15, 0.2) is 48.8 Å². The van der Waals surface area contributed by atoms with Gasteiger partial charge in [0.15, 0.2) is 0 Å². The smallest absolute Gasteiger partial charge is 0.405 e. The molecule has 0 aliphatic rings. The number of para-hydroxylation sites is 1. The second-order valence-electron chi connectivity index (χ2n) is 4.92. The number of carbonyl (C=O) groups excluding carboxylic acids is 1. The van der Waals surface area contributed by atoms with E-state index in [1.165, 1.54) is 30.1 Å². The summed E-state index contributed by atoms with van der Waals surface area (Å²) in [7, 11) is 1.52. The van der Waals surface area contributed by atoms with Gasteiger partial charge in [-0.2, -0.15) is 0 Å². The average molecular weight is 324 g/mol. The van der Waals surface area contributed by atoms with E-state index < -0.39 is 18.0 Å². The molecule has 122 valence electrons. The Morgan fingerprint density at radius 3 is 2.52 bits per heavy atom. The lowest BCUT2D eigenvalue weighted by Gasteiger charge is -2.26. The Morgan fingerprint density at radius 2 is 1.91 bits per heavy atom. The molecule has 0 radical (unpaired) electrons. The first-order valence-corrected chi connectivity index (χ1v) is 6.81. The third kappa shape index (κ3) is 4.21. The van der Waals surface area contributed by atoms with E-state index in [2.05, 4.69) is 9.72 Å². The van der Waals surface area contributed by atoms with Crippen LogP contribution in [0.5, 0.6) is 5.75 Å². The Hall–Kier alpha value is -2.57. The van der Waals surface area contributed by atoms with E-state index in [1.807, 2.05) is 0 Å². The van der Waals surface area contributed by atoms with Crippen molar-refractivity contribution in [3.8, 4) is 5.75 Å². The number of nitrogens with zero attached hydrogens (tertiary/aromatic N) is 2. The quantitative estimate of drug-likeness (QED) is 0.859. The lowest BCUT2D eigenvalue weighted by molar-refractivity contribution is -0.274. The molecule has 7 heteroatoms. The molecule has 0 saturated carbocycles. The van der Waals surface area contributed by atoms with Gasteiger partial charge in [-0.05, 0) is 30.7 Å². The molecule has 0 spiro atoms. The Bertz CT molecular complexity index is 675. The number of benzene rings is 1. The highest BCUT2D eigenvalue weighted by atomic mass is 19.4. The number of pyridine rings is 1. The molecule has 1 unspecified atom stereocenters. The fraction of sp³-hybridized carbons (Fsp3) is 0.250. The van der Waals surface area contributed by atoms with E-state index in [0.717, 1.165) is 11.6 Å². The Morgan fingerprint density at radius 1 is 1.22 bits per heavy atom. The van der Waals surface area contributed by atoms with Crippen LogP contribution in [0.3, 0.4) is 0 Å². The second-order valence-corrected chi connectivity index (χ2v) is 4.92. The fourth-order valence-corrected chi connectivity index (χ4v) is 2.07. The van der Waals surface area contributed by atoms with E-state index >= 15 is 0 Å². The number of aromatic nitrogens is 1. The number of alkyl halides is 3. The molecule has 1 aromatic carbocycles. The summed E-state index contributed by atoms with van der Waals surface area (Å²) >= 11 is 0. The first kappa shape index (κ1) is 16.8. The Labute approximate surface area is 131 Å². The zero-order valence-corrected chi connectivity index (χ0v) is 12.5. The van der Waals surface area contributed by atoms with Crippen molar-refractivity contribution in [3.05, 3.63) is 59.9 Å². The zero-order valence-electron chi connectivity index (χ0n) is 12.5. The van der Waals surface area contributed by atoms with Gasteiger partial charge in [-0.15, -0.1) is 13.2 Å². The molecule has 4 nitrogen and oxygen atoms in total. The highest BCUT2D eigenvalue weighted by molar-refractivity contribution is 5.97. The van der Waals surface area contributed by atoms with Crippen LogP contribution in [-0.4, -0.2) is 29.2 Å². The first-order chi connectivity index (χ1) is 10.8. The van der Waals surface area contributed by atoms with Gasteiger partial charge in [0.2, 0.25) is 0 Å². The molecule has 0 N–H and O–H groups in total. The summed E-state index contributed by atoms with van der Waals surface area (Å²) in [5.41, 5.74) is 0.626. The zero-order chi connectivity index (χ0) is 17.0. The van der Waals surface area contributed by atoms with Crippen LogP contribution in [0.1, 0.15) is 28.9 Å². The predicted octanol–water partition coefficient (Wildman–Crippen LogP) is 3.81. The fourth-order valence-electron chi connectivity index (χ4n) is 2.07. The molecule has 1 atom stereocenters. The third-order valence-electron chi connectivity index (χ3n) is 3.41. The van der Waals surface area contributed by atoms with Gasteiger partial charge in [-0.25, -0.2) is 0 Å². The van der Waals surface area contributed by atoms with Crippen molar-refractivity contribution in [2.45, 2.75) is 19.3 Å². The number of halogens is 3. The van der Waals surface area contributed by atoms with Gasteiger partial charge in [0.1, 0.15) is 5.75 Å². The monoisotopic (exact) mass is 324 g/mol. The van der Waals surface area contributed by atoms with E-state index in [4.69, 9.17) is 0 Å². The average Bonchev–Trinajstić information content (AvgIpc) is 2.52. The van der Waals surface area contributed by atoms with Crippen molar-refractivity contribution < 1.29 is 22.7 Å². The van der Waals surface area contributed by atoms with Gasteiger partial charge in [0, 0.05) is 19.4 Å². The van der Waals surface area contributed by atoms with Crippen LogP contribution in [0, 0.1) is 0 Å². The number of hydrogen-bond donors (Lipinski definition) is 0. The molecule has 1 heterocycles. The van der Waals surface area contributed by atoms with Crippen molar-refractivity contribution in [1.29, 1.82) is 0 Å². The SMILES string of the molecule is CC(c1cccnc1)N(C)C(=O)c1ccccc1OC(F)(F)F. The lowest BCUT2D eigenvalue weighted by atomic mass is 10.1. The molecular formula is C16H15F3N2O2. The molecule has 1 amide bonds. The van der Waals surface area contributed by atoms with Gasteiger partial charge in [0.25, 0.3) is 5.91 Å². The van der Waals surface area contributed by atoms with E-state index in [1.54, 1.807) is 31.5 Å². The summed E-state index contributed by atoms with van der Waals surface area (Å²) in [5, 5.41) is 0. The van der Waals surface area contributed by atoms with Gasteiger partial charge in [-0.1, -0.05) is 18.2 Å². The molecule has 1 aromatic heterocycles. The predicted molar refractivity (Wildman–Crippen MR) is 77.9 cm³/mol. The Kier molecular flexibility index (Phi) is 4.88. The minimum absolute atomic E-state index is 0.150. The molecule has 0 aliphatic carbocycles. The number of ether oxygens (including phenoxy) is 1. The van der Waals surface area contributed by atoms with Crippen LogP contribution in [0.2, 0.25) is 0 Å². The molecule has 0 fully saturated rings. The molecule has 0 saturated heterocycles. The topological polar surface area (TPSA) is 42.4 Å². The molecule has 0 bridgehead atoms. The summed E-state index contributed by atoms with van der Waals surface area (Å²) < 4.78 is 41.3. The number of hydrogen-bond acceptors (Lipinski definition) is 3. The summed E-state index contributed by atoms with van der Waals surface area (Å²) in [5.74, 6) is -1.09. The Balaban J connectivity index is 2.26. The van der Waals surface area contributed by atoms with Crippen LogP contribution >= 0.6 is 0 Å². The van der Waals surface area contributed by atoms with Crippen LogP contribution in [-0.2, 0) is 0 Å². The van der Waals surface area contributed by atoms with E-state index in [-0.39, 0.29) is 11.6 Å². The lowest BCUT2D eigenvalue weighted by Crippen LogP contribution is -2.30. The van der Waals surface area contributed by atoms with E-state index in [9.17, 15) is 18.0 Å². The van der Waals surface area contributed by atoms with Crippen molar-refractivity contribution in [3.63, 3.8) is 0 Å². The third-order valence-corrected chi connectivity index (χ3v) is 3.41.